The Hall–Kier alpha value is -3.57. The van der Waals surface area contributed by atoms with Crippen LogP contribution in [-0.2, 0) is 23.3 Å². The smallest absolute Gasteiger partial charge is 0.251 e. The Balaban J connectivity index is 1.09. The van der Waals surface area contributed by atoms with Gasteiger partial charge in [0.25, 0.3) is 5.91 Å². The van der Waals surface area contributed by atoms with Crippen LogP contribution in [-0.4, -0.2) is 65.9 Å². The van der Waals surface area contributed by atoms with Gasteiger partial charge in [-0.3, -0.25) is 10.1 Å². The number of benzene rings is 2. The van der Waals surface area contributed by atoms with E-state index in [-0.39, 0.29) is 47.5 Å². The summed E-state index contributed by atoms with van der Waals surface area (Å²) >= 11 is 5.86. The number of aromatic nitrogens is 1. The molecule has 3 aliphatic rings. The maximum Gasteiger partial charge on any atom is 0.251 e. The van der Waals surface area contributed by atoms with Gasteiger partial charge in [0, 0.05) is 56.0 Å². The van der Waals surface area contributed by atoms with Gasteiger partial charge < -0.3 is 24.8 Å². The van der Waals surface area contributed by atoms with Gasteiger partial charge in [0.1, 0.15) is 10.8 Å². The number of hydrogen-bond acceptors (Lipinski definition) is 7. The molecule has 0 spiro atoms. The predicted molar refractivity (Wildman–Crippen MR) is 176 cm³/mol. The van der Waals surface area contributed by atoms with Gasteiger partial charge in [-0.15, -0.1) is 0 Å². The predicted octanol–water partition coefficient (Wildman–Crippen LogP) is 5.37. The van der Waals surface area contributed by atoms with Crippen LogP contribution in [0.15, 0.2) is 60.3 Å². The molecule has 3 aromatic rings. The number of aliphatic hydroxyl groups excluding tert-OH is 1. The lowest BCUT2D eigenvalue weighted by Gasteiger charge is -2.47. The van der Waals surface area contributed by atoms with Crippen LogP contribution in [0.5, 0.6) is 11.6 Å². The number of pyridine rings is 1. The fourth-order valence-corrected chi connectivity index (χ4v) is 6.65. The summed E-state index contributed by atoms with van der Waals surface area (Å²) in [5.41, 5.74) is 4.65. The molecule has 1 unspecified atom stereocenters. The number of halogens is 3. The Labute approximate surface area is 279 Å². The lowest BCUT2D eigenvalue weighted by Crippen LogP contribution is -2.65. The van der Waals surface area contributed by atoms with Gasteiger partial charge in [0.05, 0.1) is 24.8 Å². The molecule has 47 heavy (non-hydrogen) atoms. The van der Waals surface area contributed by atoms with Crippen LogP contribution in [0.1, 0.15) is 54.4 Å². The second kappa shape index (κ2) is 14.7. The summed E-state index contributed by atoms with van der Waals surface area (Å²) < 4.78 is 38.9. The summed E-state index contributed by atoms with van der Waals surface area (Å²) in [6.45, 7) is 4.54. The average molecular weight is 667 g/mol. The molecule has 2 bridgehead atoms. The number of aryl methyl sites for hydroxylation is 1. The molecule has 8 nitrogen and oxygen atoms in total. The van der Waals surface area contributed by atoms with Gasteiger partial charge in [0.2, 0.25) is 5.88 Å². The number of fused-ring (bicyclic) bond motifs is 2. The van der Waals surface area contributed by atoms with E-state index in [0.717, 1.165) is 59.3 Å². The molecule has 0 radical (unpaired) electrons. The molecule has 2 aromatic carbocycles. The molecule has 1 saturated carbocycles. The number of nitrogens with zero attached hydrogens (tertiary/aromatic N) is 2. The largest absolute Gasteiger partial charge is 0.489 e. The number of hydrogen-bond donors (Lipinski definition) is 3. The number of piperazine rings is 1. The Morgan fingerprint density at radius 3 is 2.62 bits per heavy atom. The minimum Gasteiger partial charge on any atom is -0.489 e. The van der Waals surface area contributed by atoms with Crippen molar-refractivity contribution in [2.24, 2.45) is 0 Å². The molecule has 2 fully saturated rings. The minimum atomic E-state index is -0.712. The number of nitrogens with one attached hydrogen (secondary N) is 2. The summed E-state index contributed by atoms with van der Waals surface area (Å²) in [4.78, 5) is 20.5. The van der Waals surface area contributed by atoms with Crippen molar-refractivity contribution in [3.8, 4) is 11.6 Å². The average Bonchev–Trinajstić information content (AvgIpc) is 3.92. The first-order valence-corrected chi connectivity index (χ1v) is 16.7. The molecule has 3 N–H and O–H groups in total. The number of carbonyl (C=O) groups is 1. The van der Waals surface area contributed by atoms with Crippen molar-refractivity contribution in [1.29, 1.82) is 0 Å². The first-order valence-electron chi connectivity index (χ1n) is 16.3. The van der Waals surface area contributed by atoms with E-state index >= 15 is 0 Å². The highest BCUT2D eigenvalue weighted by atomic mass is 35.5. The van der Waals surface area contributed by atoms with Gasteiger partial charge in [-0.1, -0.05) is 41.9 Å². The third-order valence-electron chi connectivity index (χ3n) is 9.28. The quantitative estimate of drug-likeness (QED) is 0.157. The van der Waals surface area contributed by atoms with Crippen molar-refractivity contribution in [3.63, 3.8) is 0 Å². The standard InChI is InChI=1S/C36H41ClF2N4O4/c1-23-25(14-16-41-34(23)47-19-3-17-44)21-43(27-9-10-27)35(45)28-13-15-36(22-40-20-31(28)42-36)26-7-5-24(6-8-26)4-2-18-46-33-30(39)12-11-29(38)32(33)37/h5-8,11-14,16,27,31,40,42,44H,2-4,9-10,15,17-22H2,1H3/t31-,36?/m1/s1. The third-order valence-corrected chi connectivity index (χ3v) is 9.64. The van der Waals surface area contributed by atoms with E-state index in [2.05, 4.69) is 46.0 Å². The van der Waals surface area contributed by atoms with Gasteiger partial charge in [0.15, 0.2) is 11.6 Å². The Kier molecular flexibility index (Phi) is 10.4. The van der Waals surface area contributed by atoms with Crippen LogP contribution < -0.4 is 20.1 Å². The van der Waals surface area contributed by atoms with Crippen molar-refractivity contribution in [2.75, 3.05) is 32.9 Å². The molecule has 1 aromatic heterocycles. The Morgan fingerprint density at radius 1 is 1.09 bits per heavy atom. The van der Waals surface area contributed by atoms with Gasteiger partial charge in [-0.2, -0.15) is 0 Å². The van der Waals surface area contributed by atoms with E-state index in [9.17, 15) is 13.6 Å². The van der Waals surface area contributed by atoms with Gasteiger partial charge in [-0.05, 0) is 73.9 Å². The molecule has 11 heteroatoms. The second-order valence-corrected chi connectivity index (χ2v) is 13.0. The normalized spacial score (nSPS) is 20.4. The van der Waals surface area contributed by atoms with Crippen molar-refractivity contribution in [1.82, 2.24) is 20.5 Å². The molecule has 6 rings (SSSR count). The summed E-state index contributed by atoms with van der Waals surface area (Å²) in [5.74, 6) is -1.04. The van der Waals surface area contributed by atoms with E-state index in [4.69, 9.17) is 26.2 Å². The summed E-state index contributed by atoms with van der Waals surface area (Å²) in [6.07, 6.45) is 8.38. The lowest BCUT2D eigenvalue weighted by molar-refractivity contribution is -0.129. The summed E-state index contributed by atoms with van der Waals surface area (Å²) in [6, 6.07) is 12.5. The van der Waals surface area contributed by atoms with Crippen molar-refractivity contribution in [3.05, 3.63) is 99.2 Å². The van der Waals surface area contributed by atoms with E-state index in [1.165, 1.54) is 0 Å². The molecule has 250 valence electrons. The SMILES string of the molecule is Cc1c(CN(C(=O)C2=CCC3(c4ccc(CCCOc5c(F)ccc(F)c5Cl)cc4)CNC[C@H]2N3)C2CC2)ccnc1OCCCO. The molecular weight excluding hydrogens is 626 g/mol. The number of aliphatic hydroxyl groups is 1. The first kappa shape index (κ1) is 33.3. The van der Waals surface area contributed by atoms with Gasteiger partial charge in [-0.25, -0.2) is 13.8 Å². The maximum absolute atomic E-state index is 14.1. The highest BCUT2D eigenvalue weighted by Crippen LogP contribution is 2.37. The topological polar surface area (TPSA) is 96.0 Å². The number of carbonyl (C=O) groups excluding carboxylic acids is 1. The second-order valence-electron chi connectivity index (χ2n) is 12.6. The molecule has 2 atom stereocenters. The summed E-state index contributed by atoms with van der Waals surface area (Å²) in [5, 5.41) is 16.1. The van der Waals surface area contributed by atoms with Crippen molar-refractivity contribution >= 4 is 17.5 Å². The zero-order chi connectivity index (χ0) is 33.0. The molecule has 2 aliphatic heterocycles. The summed E-state index contributed by atoms with van der Waals surface area (Å²) in [7, 11) is 0. The van der Waals surface area contributed by atoms with Gasteiger partial charge >= 0.3 is 0 Å². The zero-order valence-corrected chi connectivity index (χ0v) is 27.3. The first-order chi connectivity index (χ1) is 22.8. The zero-order valence-electron chi connectivity index (χ0n) is 26.5. The third kappa shape index (κ3) is 7.46. The van der Waals surface area contributed by atoms with E-state index in [1.807, 2.05) is 17.9 Å². The maximum atomic E-state index is 14.1. The highest BCUT2D eigenvalue weighted by Gasteiger charge is 2.44. The van der Waals surface area contributed by atoms with Crippen LogP contribution in [0.4, 0.5) is 8.78 Å². The molecule has 3 heterocycles. The Morgan fingerprint density at radius 2 is 1.85 bits per heavy atom. The van der Waals surface area contributed by atoms with E-state index in [1.54, 1.807) is 6.20 Å². The van der Waals surface area contributed by atoms with Crippen LogP contribution in [0.2, 0.25) is 5.02 Å². The fourth-order valence-electron chi connectivity index (χ4n) is 6.44. The van der Waals surface area contributed by atoms with Crippen LogP contribution >= 0.6 is 11.6 Å². The van der Waals surface area contributed by atoms with Crippen molar-refractivity contribution in [2.45, 2.75) is 69.6 Å². The number of amides is 1. The fraction of sp³-hybridized carbons (Fsp3) is 0.444. The van der Waals surface area contributed by atoms with Crippen LogP contribution in [0.25, 0.3) is 0 Å². The van der Waals surface area contributed by atoms with Crippen LogP contribution in [0.3, 0.4) is 0 Å². The van der Waals surface area contributed by atoms with Crippen LogP contribution in [0, 0.1) is 18.6 Å². The molecule has 1 aliphatic carbocycles. The van der Waals surface area contributed by atoms with E-state index < -0.39 is 11.6 Å². The lowest BCUT2D eigenvalue weighted by atomic mass is 9.78. The Bertz CT molecular complexity index is 1620. The molecule has 1 amide bonds. The number of rotatable bonds is 14. The van der Waals surface area contributed by atoms with Crippen molar-refractivity contribution < 1.29 is 28.2 Å². The minimum absolute atomic E-state index is 0.0607. The van der Waals surface area contributed by atoms with E-state index in [0.29, 0.717) is 51.3 Å². The molecule has 1 saturated heterocycles. The molecular formula is C36H41ClF2N4O4. The monoisotopic (exact) mass is 666 g/mol. The highest BCUT2D eigenvalue weighted by molar-refractivity contribution is 6.32. The number of ether oxygens (including phenoxy) is 2.